The summed E-state index contributed by atoms with van der Waals surface area (Å²) in [5.41, 5.74) is -0.276. The number of aliphatic carboxylic acids is 1. The van der Waals surface area contributed by atoms with Crippen molar-refractivity contribution in [2.24, 2.45) is 11.8 Å². The van der Waals surface area contributed by atoms with Gasteiger partial charge in [0, 0.05) is 23.9 Å². The molecule has 0 aromatic heterocycles. The number of anilines is 1. The minimum Gasteiger partial charge on any atom is -0.487 e. The van der Waals surface area contributed by atoms with E-state index in [0.717, 1.165) is 18.2 Å². The largest absolute Gasteiger partial charge is 0.487 e. The number of benzene rings is 1. The molecule has 2 N–H and O–H groups in total. The number of amides is 1. The van der Waals surface area contributed by atoms with E-state index in [1.54, 1.807) is 0 Å². The van der Waals surface area contributed by atoms with Gasteiger partial charge < -0.3 is 24.6 Å². The molecule has 2 saturated heterocycles. The Morgan fingerprint density at radius 2 is 1.55 bits per heavy atom. The van der Waals surface area contributed by atoms with E-state index in [1.807, 2.05) is 0 Å². The average molecular weight is 489 g/mol. The van der Waals surface area contributed by atoms with Crippen LogP contribution in [0.2, 0.25) is 0 Å². The van der Waals surface area contributed by atoms with Gasteiger partial charge in [-0.15, -0.1) is 0 Å². The summed E-state index contributed by atoms with van der Waals surface area (Å²) < 4.78 is 103. The fourth-order valence-electron chi connectivity index (χ4n) is 3.77. The summed E-state index contributed by atoms with van der Waals surface area (Å²) in [4.78, 5) is 24.3. The Kier molecular flexibility index (Phi) is 6.96. The second-order valence-electron chi connectivity index (χ2n) is 7.62. The normalized spacial score (nSPS) is 24.7. The fourth-order valence-corrected chi connectivity index (χ4v) is 3.77. The zero-order chi connectivity index (χ0) is 24.6. The number of carboxylic acids is 1. The molecule has 14 heteroatoms. The highest BCUT2D eigenvalue weighted by Gasteiger charge is 2.55. The predicted octanol–water partition coefficient (Wildman–Crippen LogP) is 3.72. The van der Waals surface area contributed by atoms with Crippen molar-refractivity contribution in [3.8, 4) is 11.5 Å². The summed E-state index contributed by atoms with van der Waals surface area (Å²) in [7, 11) is 0. The summed E-state index contributed by atoms with van der Waals surface area (Å²) >= 11 is 0. The van der Waals surface area contributed by atoms with E-state index in [9.17, 15) is 45.4 Å². The number of nitrogens with one attached hydrogen (secondary N) is 1. The van der Waals surface area contributed by atoms with Crippen LogP contribution in [0.15, 0.2) is 18.2 Å². The quantitative estimate of drug-likeness (QED) is 0.514. The Balaban J connectivity index is 1.80. The van der Waals surface area contributed by atoms with Gasteiger partial charge in [-0.1, -0.05) is 0 Å². The Labute approximate surface area is 181 Å². The van der Waals surface area contributed by atoms with E-state index in [4.69, 9.17) is 4.74 Å². The third-order valence-corrected chi connectivity index (χ3v) is 5.16. The second kappa shape index (κ2) is 9.23. The van der Waals surface area contributed by atoms with Crippen LogP contribution in [0, 0.1) is 11.8 Å². The number of fused-ring (bicyclic) bond motifs is 2. The molecule has 1 amide bonds. The molecule has 0 saturated carbocycles. The van der Waals surface area contributed by atoms with E-state index in [0.29, 0.717) is 12.8 Å². The topological polar surface area (TPSA) is 94.1 Å². The highest BCUT2D eigenvalue weighted by molar-refractivity contribution is 5.96. The molecule has 7 nitrogen and oxygen atoms in total. The number of alkyl halides is 7. The predicted molar refractivity (Wildman–Crippen MR) is 95.6 cm³/mol. The van der Waals surface area contributed by atoms with Crippen molar-refractivity contribution in [1.82, 2.24) is 0 Å². The number of carbonyl (C=O) groups excluding carboxylic acids is 1. The number of hydrogen-bond donors (Lipinski definition) is 2. The maximum Gasteiger partial charge on any atom is 0.422 e. The third-order valence-electron chi connectivity index (χ3n) is 5.16. The van der Waals surface area contributed by atoms with E-state index in [2.05, 4.69) is 14.8 Å². The van der Waals surface area contributed by atoms with Crippen molar-refractivity contribution < 1.29 is 59.6 Å². The zero-order valence-electron chi connectivity index (χ0n) is 16.6. The molecule has 0 spiro atoms. The van der Waals surface area contributed by atoms with Gasteiger partial charge in [-0.25, -0.2) is 8.78 Å². The van der Waals surface area contributed by atoms with Crippen LogP contribution in [0.25, 0.3) is 0 Å². The maximum absolute atomic E-state index is 13.2. The summed E-state index contributed by atoms with van der Waals surface area (Å²) in [6, 6.07) is 2.58. The number of carboxylic acid groups (broad SMARTS) is 1. The molecule has 184 valence electrons. The van der Waals surface area contributed by atoms with Crippen molar-refractivity contribution in [1.29, 1.82) is 0 Å². The van der Waals surface area contributed by atoms with Gasteiger partial charge in [-0.05, 0) is 12.8 Å². The molecule has 2 aliphatic heterocycles. The van der Waals surface area contributed by atoms with Crippen molar-refractivity contribution in [3.63, 3.8) is 0 Å². The minimum atomic E-state index is -4.75. The van der Waals surface area contributed by atoms with Crippen LogP contribution in [-0.4, -0.2) is 60.9 Å². The molecular weight excluding hydrogens is 471 g/mol. The first kappa shape index (κ1) is 24.9. The SMILES string of the molecule is O=C(O)C1C2CCC(O2)C1C(=O)Nc1cc(OCC(F)(F)F)cc(OCC(F)(F)C(F)F)c1. The van der Waals surface area contributed by atoms with Crippen molar-refractivity contribution in [3.05, 3.63) is 18.2 Å². The van der Waals surface area contributed by atoms with Crippen LogP contribution in [0.5, 0.6) is 11.5 Å². The van der Waals surface area contributed by atoms with Gasteiger partial charge in [0.15, 0.2) is 13.2 Å². The highest BCUT2D eigenvalue weighted by Crippen LogP contribution is 2.44. The fraction of sp³-hybridized carbons (Fsp3) is 0.579. The minimum absolute atomic E-state index is 0.276. The Morgan fingerprint density at radius 1 is 1.00 bits per heavy atom. The lowest BCUT2D eigenvalue weighted by molar-refractivity contribution is -0.153. The van der Waals surface area contributed by atoms with E-state index < -0.39 is 79.2 Å². The Hall–Kier alpha value is -2.77. The number of ether oxygens (including phenoxy) is 3. The molecule has 2 heterocycles. The van der Waals surface area contributed by atoms with Gasteiger partial charge >= 0.3 is 24.5 Å². The molecular formula is C19H18F7NO6. The molecule has 33 heavy (non-hydrogen) atoms. The molecule has 2 fully saturated rings. The van der Waals surface area contributed by atoms with Crippen LogP contribution in [0.3, 0.4) is 0 Å². The molecule has 0 aliphatic carbocycles. The molecule has 2 aliphatic rings. The second-order valence-corrected chi connectivity index (χ2v) is 7.62. The molecule has 1 aromatic rings. The molecule has 0 radical (unpaired) electrons. The third kappa shape index (κ3) is 5.97. The van der Waals surface area contributed by atoms with Crippen molar-refractivity contribution in [2.45, 2.75) is 43.6 Å². The van der Waals surface area contributed by atoms with Gasteiger partial charge in [-0.3, -0.25) is 9.59 Å². The van der Waals surface area contributed by atoms with E-state index in [-0.39, 0.29) is 5.69 Å². The Morgan fingerprint density at radius 3 is 2.06 bits per heavy atom. The molecule has 2 bridgehead atoms. The monoisotopic (exact) mass is 489 g/mol. The van der Waals surface area contributed by atoms with Crippen LogP contribution in [-0.2, 0) is 14.3 Å². The van der Waals surface area contributed by atoms with Gasteiger partial charge in [0.05, 0.1) is 24.0 Å². The summed E-state index contributed by atoms with van der Waals surface area (Å²) in [6.07, 6.45) is -9.27. The van der Waals surface area contributed by atoms with Gasteiger partial charge in [0.25, 0.3) is 0 Å². The van der Waals surface area contributed by atoms with Crippen molar-refractivity contribution >= 4 is 17.6 Å². The summed E-state index contributed by atoms with van der Waals surface area (Å²) in [5.74, 6) is -10.0. The lowest BCUT2D eigenvalue weighted by atomic mass is 9.78. The van der Waals surface area contributed by atoms with Gasteiger partial charge in [0.2, 0.25) is 5.91 Å². The highest BCUT2D eigenvalue weighted by atomic mass is 19.4. The number of halogens is 7. The number of carbonyl (C=O) groups is 2. The van der Waals surface area contributed by atoms with Crippen molar-refractivity contribution in [2.75, 3.05) is 18.5 Å². The van der Waals surface area contributed by atoms with Crippen LogP contribution in [0.4, 0.5) is 36.4 Å². The van der Waals surface area contributed by atoms with Gasteiger partial charge in [0.1, 0.15) is 11.5 Å². The van der Waals surface area contributed by atoms with E-state index >= 15 is 0 Å². The summed E-state index contributed by atoms with van der Waals surface area (Å²) in [6.45, 7) is -3.56. The van der Waals surface area contributed by atoms with Crippen LogP contribution < -0.4 is 14.8 Å². The molecule has 4 atom stereocenters. The summed E-state index contributed by atoms with van der Waals surface area (Å²) in [5, 5.41) is 11.7. The maximum atomic E-state index is 13.2. The molecule has 1 aromatic carbocycles. The van der Waals surface area contributed by atoms with Gasteiger partial charge in [-0.2, -0.15) is 22.0 Å². The molecule has 4 unspecified atom stereocenters. The standard InChI is InChI=1S/C19H18F7NO6/c20-17(21)18(22,23)6-31-9-3-8(4-10(5-9)32-7-19(24,25)26)27-15(28)13-11-1-2-12(33-11)14(13)16(29)30/h3-5,11-14,17H,1-2,6-7H2,(H,27,28)(H,29,30). The molecule has 3 rings (SSSR count). The van der Waals surface area contributed by atoms with Crippen LogP contribution in [0.1, 0.15) is 12.8 Å². The average Bonchev–Trinajstić information content (AvgIpc) is 3.32. The number of rotatable bonds is 9. The first-order chi connectivity index (χ1) is 15.3. The first-order valence-corrected chi connectivity index (χ1v) is 9.59. The van der Waals surface area contributed by atoms with Crippen LogP contribution >= 0.6 is 0 Å². The lowest BCUT2D eigenvalue weighted by Gasteiger charge is -2.24. The lowest BCUT2D eigenvalue weighted by Crippen LogP contribution is -2.40. The number of hydrogen-bond acceptors (Lipinski definition) is 5. The Bertz CT molecular complexity index is 894. The smallest absolute Gasteiger partial charge is 0.422 e. The first-order valence-electron chi connectivity index (χ1n) is 9.59. The van der Waals surface area contributed by atoms with E-state index in [1.165, 1.54) is 0 Å². The zero-order valence-corrected chi connectivity index (χ0v) is 16.6.